The SMILES string of the molecule is C=CCN1CCC2(c3cccc(OC)c3)CC(NC(=O)C=Cc3cccc(OC(F)(F)F)c3)CCC2(OC)C1. The molecule has 9 heteroatoms. The summed E-state index contributed by atoms with van der Waals surface area (Å²) in [4.78, 5) is 15.3. The number of rotatable bonds is 9. The third-order valence-corrected chi connectivity index (χ3v) is 7.96. The molecular formula is C30H35F3N2O4. The third kappa shape index (κ3) is 6.47. The molecule has 0 bridgehead atoms. The normalized spacial score (nSPS) is 25.6. The second-order valence-corrected chi connectivity index (χ2v) is 10.2. The van der Waals surface area contributed by atoms with Crippen LogP contribution in [-0.4, -0.2) is 62.7 Å². The average molecular weight is 545 g/mol. The fourth-order valence-electron chi connectivity index (χ4n) is 6.21. The summed E-state index contributed by atoms with van der Waals surface area (Å²) in [6.07, 6.45) is 2.96. The largest absolute Gasteiger partial charge is 0.573 e. The topological polar surface area (TPSA) is 60.0 Å². The van der Waals surface area contributed by atoms with E-state index in [-0.39, 0.29) is 23.1 Å². The molecule has 3 unspecified atom stereocenters. The minimum absolute atomic E-state index is 0.109. The minimum Gasteiger partial charge on any atom is -0.497 e. The Morgan fingerprint density at radius 2 is 1.92 bits per heavy atom. The smallest absolute Gasteiger partial charge is 0.497 e. The van der Waals surface area contributed by atoms with Crippen molar-refractivity contribution in [1.29, 1.82) is 0 Å². The molecule has 3 atom stereocenters. The first kappa shape index (κ1) is 28.7. The lowest BCUT2D eigenvalue weighted by molar-refractivity contribution is -0.274. The molecule has 4 rings (SSSR count). The molecule has 2 fully saturated rings. The van der Waals surface area contributed by atoms with Crippen LogP contribution in [0.2, 0.25) is 0 Å². The molecule has 1 heterocycles. The Bertz CT molecular complexity index is 1200. The average Bonchev–Trinajstić information content (AvgIpc) is 2.91. The minimum atomic E-state index is -4.78. The van der Waals surface area contributed by atoms with Gasteiger partial charge in [-0.2, -0.15) is 0 Å². The highest BCUT2D eigenvalue weighted by Gasteiger charge is 2.58. The van der Waals surface area contributed by atoms with Crippen molar-refractivity contribution in [2.75, 3.05) is 33.9 Å². The zero-order valence-corrected chi connectivity index (χ0v) is 22.3. The summed E-state index contributed by atoms with van der Waals surface area (Å²) in [5, 5.41) is 3.12. The van der Waals surface area contributed by atoms with E-state index in [1.807, 2.05) is 18.2 Å². The van der Waals surface area contributed by atoms with Gasteiger partial charge in [-0.1, -0.05) is 30.3 Å². The van der Waals surface area contributed by atoms with Crippen LogP contribution in [0.3, 0.4) is 0 Å². The molecule has 210 valence electrons. The number of carbonyl (C=O) groups excluding carboxylic acids is 1. The lowest BCUT2D eigenvalue weighted by atomic mass is 9.55. The van der Waals surface area contributed by atoms with Gasteiger partial charge in [-0.3, -0.25) is 9.69 Å². The van der Waals surface area contributed by atoms with Crippen molar-refractivity contribution in [3.05, 3.63) is 78.4 Å². The first-order valence-corrected chi connectivity index (χ1v) is 13.0. The number of likely N-dealkylation sites (tertiary alicyclic amines) is 1. The molecule has 0 spiro atoms. The maximum Gasteiger partial charge on any atom is 0.573 e. The monoisotopic (exact) mass is 544 g/mol. The van der Waals surface area contributed by atoms with E-state index in [2.05, 4.69) is 33.7 Å². The van der Waals surface area contributed by atoms with E-state index in [1.165, 1.54) is 30.4 Å². The number of carbonyl (C=O) groups is 1. The number of nitrogens with one attached hydrogen (secondary N) is 1. The molecule has 1 amide bonds. The van der Waals surface area contributed by atoms with Crippen LogP contribution in [0.25, 0.3) is 6.08 Å². The lowest BCUT2D eigenvalue weighted by Crippen LogP contribution is -2.67. The van der Waals surface area contributed by atoms with E-state index in [9.17, 15) is 18.0 Å². The number of piperidine rings is 1. The van der Waals surface area contributed by atoms with E-state index < -0.39 is 12.0 Å². The molecule has 2 aromatic carbocycles. The van der Waals surface area contributed by atoms with Gasteiger partial charge in [-0.05, 0) is 73.7 Å². The highest BCUT2D eigenvalue weighted by Crippen LogP contribution is 2.53. The van der Waals surface area contributed by atoms with Crippen LogP contribution < -0.4 is 14.8 Å². The predicted octanol–water partition coefficient (Wildman–Crippen LogP) is 5.49. The molecule has 2 aromatic rings. The molecule has 1 aliphatic heterocycles. The number of alkyl halides is 3. The number of fused-ring (bicyclic) bond motifs is 1. The van der Waals surface area contributed by atoms with Crippen LogP contribution >= 0.6 is 0 Å². The van der Waals surface area contributed by atoms with Gasteiger partial charge in [0.15, 0.2) is 0 Å². The van der Waals surface area contributed by atoms with E-state index >= 15 is 0 Å². The van der Waals surface area contributed by atoms with Crippen molar-refractivity contribution in [2.24, 2.45) is 0 Å². The summed E-state index contributed by atoms with van der Waals surface area (Å²) in [5.41, 5.74) is 0.752. The highest BCUT2D eigenvalue weighted by molar-refractivity contribution is 5.92. The summed E-state index contributed by atoms with van der Waals surface area (Å²) >= 11 is 0. The van der Waals surface area contributed by atoms with E-state index in [4.69, 9.17) is 9.47 Å². The van der Waals surface area contributed by atoms with Gasteiger partial charge in [-0.25, -0.2) is 0 Å². The number of amides is 1. The maximum atomic E-state index is 12.9. The number of ether oxygens (including phenoxy) is 3. The first-order valence-electron chi connectivity index (χ1n) is 13.0. The molecule has 2 aliphatic rings. The summed E-state index contributed by atoms with van der Waals surface area (Å²) in [6, 6.07) is 13.5. The first-order chi connectivity index (χ1) is 18.6. The molecule has 1 N–H and O–H groups in total. The number of benzene rings is 2. The van der Waals surface area contributed by atoms with E-state index in [0.29, 0.717) is 12.0 Å². The second-order valence-electron chi connectivity index (χ2n) is 10.2. The van der Waals surface area contributed by atoms with Crippen molar-refractivity contribution in [3.8, 4) is 11.5 Å². The van der Waals surface area contributed by atoms with Crippen LogP contribution in [0.1, 0.15) is 36.8 Å². The van der Waals surface area contributed by atoms with Crippen LogP contribution in [0, 0.1) is 0 Å². The number of nitrogens with zero attached hydrogens (tertiary/aromatic N) is 1. The Labute approximate surface area is 227 Å². The van der Waals surface area contributed by atoms with Gasteiger partial charge in [0.05, 0.1) is 12.7 Å². The Hall–Kier alpha value is -3.30. The second kappa shape index (κ2) is 11.8. The van der Waals surface area contributed by atoms with Crippen molar-refractivity contribution in [3.63, 3.8) is 0 Å². The van der Waals surface area contributed by atoms with Crippen LogP contribution in [0.15, 0.2) is 67.3 Å². The summed E-state index contributed by atoms with van der Waals surface area (Å²) < 4.78 is 53.5. The quantitative estimate of drug-likeness (QED) is 0.334. The molecule has 0 radical (unpaired) electrons. The Morgan fingerprint density at radius 1 is 1.15 bits per heavy atom. The zero-order valence-electron chi connectivity index (χ0n) is 22.3. The van der Waals surface area contributed by atoms with Crippen molar-refractivity contribution in [1.82, 2.24) is 10.2 Å². The number of hydrogen-bond acceptors (Lipinski definition) is 5. The number of halogens is 3. The van der Waals surface area contributed by atoms with Gasteiger partial charge in [0.1, 0.15) is 11.5 Å². The van der Waals surface area contributed by atoms with Gasteiger partial charge in [0, 0.05) is 37.7 Å². The standard InChI is InChI=1S/C30H35F3N2O4/c1-4-16-35-17-15-28(23-8-6-9-25(19-23)37-2)20-24(13-14-29(28,21-35)38-3)34-27(36)12-11-22-7-5-10-26(18-22)39-30(31,32)33/h4-12,18-19,24H,1,13-17,20-21H2,2-3H3,(H,34,36). The van der Waals surface area contributed by atoms with Crippen molar-refractivity contribution < 1.29 is 32.2 Å². The third-order valence-electron chi connectivity index (χ3n) is 7.96. The zero-order chi connectivity index (χ0) is 28.1. The van der Waals surface area contributed by atoms with E-state index in [1.54, 1.807) is 20.3 Å². The molecule has 6 nitrogen and oxygen atoms in total. The summed E-state index contributed by atoms with van der Waals surface area (Å²) in [7, 11) is 3.42. The van der Waals surface area contributed by atoms with Gasteiger partial charge in [0.25, 0.3) is 0 Å². The van der Waals surface area contributed by atoms with Gasteiger partial charge in [0.2, 0.25) is 5.91 Å². The van der Waals surface area contributed by atoms with E-state index in [0.717, 1.165) is 50.2 Å². The maximum absolute atomic E-state index is 12.9. The molecule has 39 heavy (non-hydrogen) atoms. The van der Waals surface area contributed by atoms with Crippen LogP contribution in [0.4, 0.5) is 13.2 Å². The predicted molar refractivity (Wildman–Crippen MR) is 144 cm³/mol. The number of methoxy groups -OCH3 is 2. The summed E-state index contributed by atoms with van der Waals surface area (Å²) in [5.74, 6) is 0.124. The van der Waals surface area contributed by atoms with Gasteiger partial charge < -0.3 is 19.5 Å². The van der Waals surface area contributed by atoms with Gasteiger partial charge >= 0.3 is 6.36 Å². The molecule has 1 saturated heterocycles. The Balaban J connectivity index is 1.54. The summed E-state index contributed by atoms with van der Waals surface area (Å²) in [6.45, 7) is 6.30. The molecule has 1 saturated carbocycles. The fourth-order valence-corrected chi connectivity index (χ4v) is 6.21. The molecular weight excluding hydrogens is 509 g/mol. The molecule has 0 aromatic heterocycles. The van der Waals surface area contributed by atoms with Crippen molar-refractivity contribution >= 4 is 12.0 Å². The number of hydrogen-bond donors (Lipinski definition) is 1. The highest BCUT2D eigenvalue weighted by atomic mass is 19.4. The van der Waals surface area contributed by atoms with Gasteiger partial charge in [-0.15, -0.1) is 19.8 Å². The van der Waals surface area contributed by atoms with Crippen LogP contribution in [-0.2, 0) is 14.9 Å². The fraction of sp³-hybridized carbons (Fsp3) is 0.433. The Kier molecular flexibility index (Phi) is 8.71. The lowest BCUT2D eigenvalue weighted by Gasteiger charge is -2.59. The van der Waals surface area contributed by atoms with Crippen LogP contribution in [0.5, 0.6) is 11.5 Å². The Morgan fingerprint density at radius 3 is 2.64 bits per heavy atom. The molecule has 1 aliphatic carbocycles. The van der Waals surface area contributed by atoms with Crippen molar-refractivity contribution in [2.45, 2.75) is 49.1 Å².